The van der Waals surface area contributed by atoms with Crippen LogP contribution in [-0.4, -0.2) is 35.1 Å². The third-order valence-electron chi connectivity index (χ3n) is 5.90. The monoisotopic (exact) mass is 342 g/mol. The van der Waals surface area contributed by atoms with Gasteiger partial charge in [-0.2, -0.15) is 0 Å². The van der Waals surface area contributed by atoms with Gasteiger partial charge in [0.05, 0.1) is 12.5 Å². The van der Waals surface area contributed by atoms with Crippen LogP contribution in [0.1, 0.15) is 55.7 Å². The van der Waals surface area contributed by atoms with E-state index in [4.69, 9.17) is 0 Å². The van der Waals surface area contributed by atoms with Gasteiger partial charge in [0.15, 0.2) is 0 Å². The van der Waals surface area contributed by atoms with Crippen LogP contribution in [0.5, 0.6) is 0 Å². The molecule has 1 unspecified atom stereocenters. The Morgan fingerprint density at radius 3 is 2.60 bits per heavy atom. The molecule has 2 aromatic rings. The number of para-hydroxylation sites is 1. The fourth-order valence-corrected chi connectivity index (χ4v) is 4.76. The average molecular weight is 342 g/mol. The van der Waals surface area contributed by atoms with Crippen molar-refractivity contribution in [3.63, 3.8) is 0 Å². The van der Waals surface area contributed by atoms with E-state index < -0.39 is 0 Å². The van der Waals surface area contributed by atoms with Crippen LogP contribution in [0.4, 0.5) is 4.39 Å². The number of amides is 1. The second-order valence-corrected chi connectivity index (χ2v) is 7.40. The van der Waals surface area contributed by atoms with Crippen molar-refractivity contribution in [2.24, 2.45) is 0 Å². The van der Waals surface area contributed by atoms with Gasteiger partial charge in [0.1, 0.15) is 6.67 Å². The molecular weight excluding hydrogens is 315 g/mol. The molecule has 0 N–H and O–H groups in total. The van der Waals surface area contributed by atoms with Crippen molar-refractivity contribution in [2.45, 2.75) is 57.4 Å². The highest BCUT2D eigenvalue weighted by Gasteiger charge is 2.34. The zero-order valence-corrected chi connectivity index (χ0v) is 14.8. The van der Waals surface area contributed by atoms with Crippen molar-refractivity contribution in [3.8, 4) is 0 Å². The first-order valence-corrected chi connectivity index (χ1v) is 9.76. The number of rotatable bonds is 3. The molecule has 1 fully saturated rings. The molecule has 1 atom stereocenters. The van der Waals surface area contributed by atoms with E-state index in [0.29, 0.717) is 12.5 Å². The van der Waals surface area contributed by atoms with Crippen LogP contribution in [0.3, 0.4) is 0 Å². The maximum atomic E-state index is 13.3. The molecule has 1 amide bonds. The summed E-state index contributed by atoms with van der Waals surface area (Å²) >= 11 is 0. The number of hydrogen-bond donors (Lipinski definition) is 0. The van der Waals surface area contributed by atoms with Gasteiger partial charge in [0.2, 0.25) is 5.91 Å². The maximum absolute atomic E-state index is 13.3. The molecular formula is C21H27FN2O. The smallest absolute Gasteiger partial charge is 0.230 e. The van der Waals surface area contributed by atoms with Crippen LogP contribution in [-0.2, 0) is 17.8 Å². The lowest BCUT2D eigenvalue weighted by Gasteiger charge is -2.29. The van der Waals surface area contributed by atoms with E-state index in [9.17, 15) is 9.18 Å². The summed E-state index contributed by atoms with van der Waals surface area (Å²) in [7, 11) is 0. The summed E-state index contributed by atoms with van der Waals surface area (Å²) < 4.78 is 15.3. The first kappa shape index (κ1) is 16.6. The van der Waals surface area contributed by atoms with Crippen molar-refractivity contribution in [2.75, 3.05) is 19.8 Å². The molecule has 0 bridgehead atoms. The molecule has 134 valence electrons. The lowest BCUT2D eigenvalue weighted by atomic mass is 9.84. The largest absolute Gasteiger partial charge is 0.342 e. The minimum Gasteiger partial charge on any atom is -0.342 e. The van der Waals surface area contributed by atoms with Crippen LogP contribution in [0.2, 0.25) is 0 Å². The number of aromatic nitrogens is 1. The van der Waals surface area contributed by atoms with Crippen LogP contribution >= 0.6 is 0 Å². The molecule has 25 heavy (non-hydrogen) atoms. The third kappa shape index (κ3) is 2.96. The first-order valence-electron chi connectivity index (χ1n) is 9.76. The van der Waals surface area contributed by atoms with Gasteiger partial charge >= 0.3 is 0 Å². The number of carbonyl (C=O) groups excluding carboxylic acids is 1. The molecule has 0 saturated carbocycles. The summed E-state index contributed by atoms with van der Waals surface area (Å²) in [6.07, 6.45) is 7.59. The van der Waals surface area contributed by atoms with E-state index in [-0.39, 0.29) is 12.6 Å². The van der Waals surface area contributed by atoms with E-state index >= 15 is 0 Å². The Morgan fingerprint density at radius 2 is 1.84 bits per heavy atom. The number of likely N-dealkylation sites (tertiary alicyclic amines) is 1. The molecule has 0 radical (unpaired) electrons. The van der Waals surface area contributed by atoms with E-state index in [1.54, 1.807) is 0 Å². The molecule has 4 rings (SSSR count). The van der Waals surface area contributed by atoms with Gasteiger partial charge in [-0.1, -0.05) is 31.0 Å². The Morgan fingerprint density at radius 1 is 1.08 bits per heavy atom. The van der Waals surface area contributed by atoms with E-state index in [2.05, 4.69) is 21.6 Å². The van der Waals surface area contributed by atoms with Crippen molar-refractivity contribution in [3.05, 3.63) is 35.5 Å². The topological polar surface area (TPSA) is 25.2 Å². The molecule has 1 saturated heterocycles. The van der Waals surface area contributed by atoms with Gasteiger partial charge in [-0.3, -0.25) is 4.79 Å². The lowest BCUT2D eigenvalue weighted by Crippen LogP contribution is -2.37. The second-order valence-electron chi connectivity index (χ2n) is 7.40. The zero-order chi connectivity index (χ0) is 17.2. The number of carbonyl (C=O) groups is 1. The zero-order valence-electron chi connectivity index (χ0n) is 14.8. The minimum atomic E-state index is -0.365. The van der Waals surface area contributed by atoms with Gasteiger partial charge in [0.25, 0.3) is 0 Å². The highest BCUT2D eigenvalue weighted by atomic mass is 19.1. The van der Waals surface area contributed by atoms with Crippen LogP contribution < -0.4 is 0 Å². The molecule has 2 aliphatic rings. The summed E-state index contributed by atoms with van der Waals surface area (Å²) in [4.78, 5) is 15.4. The molecule has 1 aromatic heterocycles. The fourth-order valence-electron chi connectivity index (χ4n) is 4.76. The van der Waals surface area contributed by atoms with Crippen molar-refractivity contribution < 1.29 is 9.18 Å². The Bertz CT molecular complexity index is 759. The van der Waals surface area contributed by atoms with Crippen molar-refractivity contribution >= 4 is 16.8 Å². The predicted octanol–water partition coefficient (Wildman–Crippen LogP) is 4.43. The normalized spacial score (nSPS) is 21.2. The maximum Gasteiger partial charge on any atom is 0.230 e. The number of nitrogens with zero attached hydrogens (tertiary/aromatic N) is 2. The summed E-state index contributed by atoms with van der Waals surface area (Å²) in [5.74, 6) is 0.249. The average Bonchev–Trinajstić information content (AvgIpc) is 2.81. The highest BCUT2D eigenvalue weighted by Crippen LogP contribution is 2.40. The van der Waals surface area contributed by atoms with E-state index in [1.807, 2.05) is 12.1 Å². The van der Waals surface area contributed by atoms with Crippen molar-refractivity contribution in [1.29, 1.82) is 0 Å². The second kappa shape index (κ2) is 7.19. The van der Waals surface area contributed by atoms with E-state index in [1.165, 1.54) is 24.1 Å². The van der Waals surface area contributed by atoms with Crippen LogP contribution in [0.25, 0.3) is 10.9 Å². The van der Waals surface area contributed by atoms with Gasteiger partial charge in [-0.25, -0.2) is 4.39 Å². The standard InChI is InChI=1S/C21H27FN2O/c22-12-15-24-18-10-4-3-8-16(18)20-17(9-7-11-19(20)24)21(25)23-13-5-1-2-6-14-23/h3-4,8,10,17H,1-2,5-7,9,11-15H2. The van der Waals surface area contributed by atoms with Gasteiger partial charge in [-0.05, 0) is 43.7 Å². The number of hydrogen-bond acceptors (Lipinski definition) is 1. The molecule has 1 aromatic carbocycles. The Kier molecular flexibility index (Phi) is 4.78. The van der Waals surface area contributed by atoms with Crippen LogP contribution in [0, 0.1) is 0 Å². The number of alkyl halides is 1. The van der Waals surface area contributed by atoms with Gasteiger partial charge in [0, 0.05) is 29.7 Å². The highest BCUT2D eigenvalue weighted by molar-refractivity contribution is 5.94. The molecule has 3 nitrogen and oxygen atoms in total. The number of aryl methyl sites for hydroxylation is 1. The molecule has 1 aliphatic heterocycles. The Balaban J connectivity index is 1.76. The summed E-state index contributed by atoms with van der Waals surface area (Å²) in [6.45, 7) is 1.82. The molecule has 4 heteroatoms. The SMILES string of the molecule is O=C(C1CCCc2c1c1ccccc1n2CCF)N1CCCCCC1. The quantitative estimate of drug-likeness (QED) is 0.810. The minimum absolute atomic E-state index is 0.0485. The van der Waals surface area contributed by atoms with Gasteiger partial charge < -0.3 is 9.47 Å². The number of halogens is 1. The first-order chi connectivity index (χ1) is 12.3. The Hall–Kier alpha value is -1.84. The van der Waals surface area contributed by atoms with Gasteiger partial charge in [-0.15, -0.1) is 0 Å². The molecule has 0 spiro atoms. The predicted molar refractivity (Wildman–Crippen MR) is 98.6 cm³/mol. The number of fused-ring (bicyclic) bond motifs is 3. The van der Waals surface area contributed by atoms with E-state index in [0.717, 1.165) is 56.1 Å². The fraction of sp³-hybridized carbons (Fsp3) is 0.571. The molecule has 1 aliphatic carbocycles. The lowest BCUT2D eigenvalue weighted by molar-refractivity contribution is -0.133. The summed E-state index contributed by atoms with van der Waals surface area (Å²) in [6, 6.07) is 8.21. The summed E-state index contributed by atoms with van der Waals surface area (Å²) in [5, 5.41) is 1.15. The van der Waals surface area contributed by atoms with Crippen molar-refractivity contribution in [1.82, 2.24) is 9.47 Å². The third-order valence-corrected chi connectivity index (χ3v) is 5.90. The number of benzene rings is 1. The van der Waals surface area contributed by atoms with Crippen LogP contribution in [0.15, 0.2) is 24.3 Å². The summed E-state index contributed by atoms with van der Waals surface area (Å²) in [5.41, 5.74) is 3.46. The molecule has 2 heterocycles. The Labute approximate surface area is 148 Å².